The van der Waals surface area contributed by atoms with E-state index in [0.717, 1.165) is 27.4 Å². The molecule has 5 heteroatoms. The molecular formula is C15H15ClN2OS. The van der Waals surface area contributed by atoms with Gasteiger partial charge in [-0.2, -0.15) is 0 Å². The van der Waals surface area contributed by atoms with Crippen LogP contribution in [-0.2, 0) is 6.54 Å². The van der Waals surface area contributed by atoms with Gasteiger partial charge in [0.1, 0.15) is 0 Å². The lowest BCUT2D eigenvalue weighted by atomic mass is 10.1. The van der Waals surface area contributed by atoms with E-state index < -0.39 is 6.10 Å². The van der Waals surface area contributed by atoms with Crippen LogP contribution in [0, 0.1) is 6.92 Å². The first-order valence-corrected chi connectivity index (χ1v) is 7.67. The topological polar surface area (TPSA) is 38.0 Å². The maximum absolute atomic E-state index is 10.4. The van der Waals surface area contributed by atoms with E-state index in [2.05, 4.69) is 4.98 Å². The third kappa shape index (κ3) is 2.59. The molecule has 0 aliphatic carbocycles. The number of aryl methyl sites for hydroxylation is 2. The second kappa shape index (κ2) is 5.56. The molecule has 0 aliphatic rings. The van der Waals surface area contributed by atoms with Gasteiger partial charge in [-0.25, -0.2) is 4.98 Å². The molecule has 1 atom stereocenters. The van der Waals surface area contributed by atoms with Crippen molar-refractivity contribution in [2.45, 2.75) is 26.0 Å². The van der Waals surface area contributed by atoms with Crippen molar-refractivity contribution in [1.82, 2.24) is 9.55 Å². The molecule has 1 N–H and O–H groups in total. The van der Waals surface area contributed by atoms with Gasteiger partial charge >= 0.3 is 0 Å². The summed E-state index contributed by atoms with van der Waals surface area (Å²) in [7, 11) is 0. The number of thiophene rings is 1. The molecule has 3 aromatic rings. The monoisotopic (exact) mass is 306 g/mol. The molecule has 0 saturated carbocycles. The summed E-state index contributed by atoms with van der Waals surface area (Å²) in [5, 5.41) is 12.3. The number of hydrogen-bond acceptors (Lipinski definition) is 3. The van der Waals surface area contributed by atoms with Crippen molar-refractivity contribution < 1.29 is 5.11 Å². The van der Waals surface area contributed by atoms with E-state index in [9.17, 15) is 5.11 Å². The van der Waals surface area contributed by atoms with Crippen LogP contribution in [0.25, 0.3) is 10.1 Å². The molecule has 0 bridgehead atoms. The quantitative estimate of drug-likeness (QED) is 0.785. The average molecular weight is 307 g/mol. The maximum atomic E-state index is 10.4. The molecule has 2 heterocycles. The van der Waals surface area contributed by atoms with Crippen molar-refractivity contribution in [1.29, 1.82) is 0 Å². The van der Waals surface area contributed by atoms with Gasteiger partial charge in [-0.1, -0.05) is 11.6 Å². The Labute approximate surface area is 126 Å². The molecule has 0 saturated heterocycles. The molecule has 0 fully saturated rings. The zero-order valence-electron chi connectivity index (χ0n) is 11.1. The second-order valence-corrected chi connectivity index (χ2v) is 6.36. The molecule has 0 radical (unpaired) electrons. The first-order valence-electron chi connectivity index (χ1n) is 6.47. The first-order chi connectivity index (χ1) is 9.65. The number of nitrogens with zero attached hydrogens (tertiary/aromatic N) is 2. The van der Waals surface area contributed by atoms with E-state index in [1.807, 2.05) is 35.9 Å². The summed E-state index contributed by atoms with van der Waals surface area (Å²) in [6.07, 6.45) is 5.65. The van der Waals surface area contributed by atoms with Gasteiger partial charge in [0.05, 0.1) is 12.4 Å². The first kappa shape index (κ1) is 13.6. The summed E-state index contributed by atoms with van der Waals surface area (Å²) in [5.41, 5.74) is 1.13. The summed E-state index contributed by atoms with van der Waals surface area (Å²) in [6, 6.07) is 5.87. The summed E-state index contributed by atoms with van der Waals surface area (Å²) in [4.78, 5) is 5.03. The highest BCUT2D eigenvalue weighted by Crippen LogP contribution is 2.37. The lowest BCUT2D eigenvalue weighted by molar-refractivity contribution is 0.164. The van der Waals surface area contributed by atoms with E-state index in [0.29, 0.717) is 6.42 Å². The molecule has 3 nitrogen and oxygen atoms in total. The number of benzene rings is 1. The number of fused-ring (bicyclic) bond motifs is 1. The standard InChI is InChI=1S/C15H15ClN2OS/c1-10-12-8-11(16)2-3-14(12)20-15(10)13(19)4-6-18-7-5-17-9-18/h2-3,5,7-9,13,19H,4,6H2,1H3. The number of imidazole rings is 1. The zero-order chi connectivity index (χ0) is 14.1. The van der Waals surface area contributed by atoms with Crippen LogP contribution in [0.1, 0.15) is 23.0 Å². The minimum atomic E-state index is -0.450. The van der Waals surface area contributed by atoms with Gasteiger partial charge in [0.2, 0.25) is 0 Å². The highest BCUT2D eigenvalue weighted by atomic mass is 35.5. The Balaban J connectivity index is 1.84. The summed E-state index contributed by atoms with van der Waals surface area (Å²) < 4.78 is 3.14. The third-order valence-corrected chi connectivity index (χ3v) is 5.07. The van der Waals surface area contributed by atoms with Gasteiger partial charge in [-0.05, 0) is 42.5 Å². The van der Waals surface area contributed by atoms with Gasteiger partial charge in [0, 0.05) is 33.5 Å². The molecule has 1 unspecified atom stereocenters. The zero-order valence-corrected chi connectivity index (χ0v) is 12.7. The smallest absolute Gasteiger partial charge is 0.0945 e. The number of aliphatic hydroxyl groups is 1. The number of halogens is 1. The Kier molecular flexibility index (Phi) is 3.78. The number of aromatic nitrogens is 2. The van der Waals surface area contributed by atoms with E-state index in [1.54, 1.807) is 23.9 Å². The van der Waals surface area contributed by atoms with Crippen LogP contribution in [-0.4, -0.2) is 14.7 Å². The molecule has 0 amide bonds. The van der Waals surface area contributed by atoms with Gasteiger partial charge in [-0.3, -0.25) is 0 Å². The predicted octanol–water partition coefficient (Wildman–Crippen LogP) is 4.18. The van der Waals surface area contributed by atoms with E-state index >= 15 is 0 Å². The minimum absolute atomic E-state index is 0.450. The van der Waals surface area contributed by atoms with Crippen molar-refractivity contribution in [3.05, 3.63) is 52.4 Å². The maximum Gasteiger partial charge on any atom is 0.0945 e. The predicted molar refractivity (Wildman–Crippen MR) is 83.4 cm³/mol. The van der Waals surface area contributed by atoms with E-state index in [4.69, 9.17) is 11.6 Å². The Bertz CT molecular complexity index is 721. The van der Waals surface area contributed by atoms with Gasteiger partial charge in [0.25, 0.3) is 0 Å². The average Bonchev–Trinajstić information content (AvgIpc) is 3.05. The van der Waals surface area contributed by atoms with Crippen molar-refractivity contribution in [2.24, 2.45) is 0 Å². The fourth-order valence-electron chi connectivity index (χ4n) is 2.35. The number of aliphatic hydroxyl groups excluding tert-OH is 1. The van der Waals surface area contributed by atoms with Crippen molar-refractivity contribution >= 4 is 33.0 Å². The van der Waals surface area contributed by atoms with Crippen LogP contribution in [0.4, 0.5) is 0 Å². The van der Waals surface area contributed by atoms with Gasteiger partial charge < -0.3 is 9.67 Å². The summed E-state index contributed by atoms with van der Waals surface area (Å²) in [6.45, 7) is 2.81. The molecule has 1 aromatic carbocycles. The lowest BCUT2D eigenvalue weighted by Crippen LogP contribution is -2.03. The van der Waals surface area contributed by atoms with Crippen LogP contribution in [0.15, 0.2) is 36.9 Å². The Morgan fingerprint density at radius 2 is 2.30 bits per heavy atom. The molecular weight excluding hydrogens is 292 g/mol. The normalized spacial score (nSPS) is 12.9. The summed E-state index contributed by atoms with van der Waals surface area (Å²) in [5.74, 6) is 0. The van der Waals surface area contributed by atoms with Crippen LogP contribution >= 0.6 is 22.9 Å². The molecule has 104 valence electrons. The van der Waals surface area contributed by atoms with E-state index in [-0.39, 0.29) is 0 Å². The van der Waals surface area contributed by atoms with Crippen LogP contribution in [0.2, 0.25) is 5.02 Å². The van der Waals surface area contributed by atoms with Crippen molar-refractivity contribution in [2.75, 3.05) is 0 Å². The highest BCUT2D eigenvalue weighted by Gasteiger charge is 2.16. The van der Waals surface area contributed by atoms with Crippen LogP contribution < -0.4 is 0 Å². The number of rotatable bonds is 4. The molecule has 0 spiro atoms. The fourth-order valence-corrected chi connectivity index (χ4v) is 3.74. The van der Waals surface area contributed by atoms with Crippen molar-refractivity contribution in [3.8, 4) is 0 Å². The minimum Gasteiger partial charge on any atom is -0.387 e. The van der Waals surface area contributed by atoms with Gasteiger partial charge in [0.15, 0.2) is 0 Å². The Hall–Kier alpha value is -1.36. The fraction of sp³-hybridized carbons (Fsp3) is 0.267. The lowest BCUT2D eigenvalue weighted by Gasteiger charge is -2.10. The second-order valence-electron chi connectivity index (χ2n) is 4.84. The Morgan fingerprint density at radius 3 is 3.05 bits per heavy atom. The largest absolute Gasteiger partial charge is 0.387 e. The van der Waals surface area contributed by atoms with E-state index in [1.165, 1.54) is 4.70 Å². The highest BCUT2D eigenvalue weighted by molar-refractivity contribution is 7.19. The van der Waals surface area contributed by atoms with Crippen molar-refractivity contribution in [3.63, 3.8) is 0 Å². The SMILES string of the molecule is Cc1c(C(O)CCn2ccnc2)sc2ccc(Cl)cc12. The van der Waals surface area contributed by atoms with Crippen LogP contribution in [0.5, 0.6) is 0 Å². The molecule has 0 aliphatic heterocycles. The number of hydrogen-bond donors (Lipinski definition) is 1. The molecule has 3 rings (SSSR count). The summed E-state index contributed by atoms with van der Waals surface area (Å²) >= 11 is 7.68. The molecule has 2 aromatic heterocycles. The van der Waals surface area contributed by atoms with Crippen LogP contribution in [0.3, 0.4) is 0 Å². The third-order valence-electron chi connectivity index (χ3n) is 3.46. The molecule has 20 heavy (non-hydrogen) atoms. The van der Waals surface area contributed by atoms with Gasteiger partial charge in [-0.15, -0.1) is 11.3 Å². The Morgan fingerprint density at radius 1 is 1.45 bits per heavy atom.